The molecule has 0 aliphatic carbocycles. The molecule has 1 amide bonds. The number of carboxylic acid groups (broad SMARTS) is 1. The van der Waals surface area contributed by atoms with Gasteiger partial charge in [0.1, 0.15) is 12.3 Å². The van der Waals surface area contributed by atoms with Gasteiger partial charge >= 0.3 is 5.97 Å². The van der Waals surface area contributed by atoms with Crippen LogP contribution >= 0.6 is 15.9 Å². The fourth-order valence-corrected chi connectivity index (χ4v) is 1.75. The van der Waals surface area contributed by atoms with Crippen molar-refractivity contribution in [3.63, 3.8) is 0 Å². The summed E-state index contributed by atoms with van der Waals surface area (Å²) >= 11 is 3.29. The standard InChI is InChI=1S/C13H14BrNO4/c1-2-6-15(8-13(17)18)12(16)9-19-11-5-3-4-10(14)7-11/h2-5,7H,1,6,8-9H2,(H,17,18). The Morgan fingerprint density at radius 2 is 2.21 bits per heavy atom. The Morgan fingerprint density at radius 1 is 1.47 bits per heavy atom. The maximum atomic E-state index is 11.8. The van der Waals surface area contributed by atoms with Crippen molar-refractivity contribution in [2.24, 2.45) is 0 Å². The molecule has 0 aliphatic rings. The zero-order valence-corrected chi connectivity index (χ0v) is 11.8. The first-order chi connectivity index (χ1) is 9.02. The van der Waals surface area contributed by atoms with Crippen LogP contribution in [0.1, 0.15) is 0 Å². The Kier molecular flexibility index (Phi) is 6.08. The predicted molar refractivity (Wildman–Crippen MR) is 74.0 cm³/mol. The van der Waals surface area contributed by atoms with Crippen molar-refractivity contribution < 1.29 is 19.4 Å². The van der Waals surface area contributed by atoms with Crippen molar-refractivity contribution in [1.82, 2.24) is 4.90 Å². The highest BCUT2D eigenvalue weighted by molar-refractivity contribution is 9.10. The van der Waals surface area contributed by atoms with E-state index >= 15 is 0 Å². The number of amides is 1. The van der Waals surface area contributed by atoms with Crippen molar-refractivity contribution in [3.05, 3.63) is 41.4 Å². The average Bonchev–Trinajstić information content (AvgIpc) is 2.35. The van der Waals surface area contributed by atoms with Crippen molar-refractivity contribution in [1.29, 1.82) is 0 Å². The Labute approximate surface area is 119 Å². The summed E-state index contributed by atoms with van der Waals surface area (Å²) in [6.07, 6.45) is 1.47. The topological polar surface area (TPSA) is 66.8 Å². The molecule has 0 unspecified atom stereocenters. The van der Waals surface area contributed by atoms with E-state index in [9.17, 15) is 9.59 Å². The molecule has 6 heteroatoms. The zero-order chi connectivity index (χ0) is 14.3. The van der Waals surface area contributed by atoms with Crippen LogP contribution in [0.15, 0.2) is 41.4 Å². The van der Waals surface area contributed by atoms with E-state index < -0.39 is 11.9 Å². The highest BCUT2D eigenvalue weighted by Crippen LogP contribution is 2.17. The van der Waals surface area contributed by atoms with E-state index in [-0.39, 0.29) is 19.7 Å². The monoisotopic (exact) mass is 327 g/mol. The van der Waals surface area contributed by atoms with Gasteiger partial charge in [0.2, 0.25) is 0 Å². The first-order valence-electron chi connectivity index (χ1n) is 5.51. The number of carboxylic acids is 1. The van der Waals surface area contributed by atoms with Gasteiger partial charge in [0, 0.05) is 11.0 Å². The normalized spacial score (nSPS) is 9.74. The lowest BCUT2D eigenvalue weighted by Gasteiger charge is -2.18. The molecule has 0 bridgehead atoms. The maximum Gasteiger partial charge on any atom is 0.323 e. The van der Waals surface area contributed by atoms with E-state index in [1.807, 2.05) is 6.07 Å². The van der Waals surface area contributed by atoms with Crippen LogP contribution in [0.2, 0.25) is 0 Å². The molecule has 0 aromatic heterocycles. The van der Waals surface area contributed by atoms with Gasteiger partial charge in [-0.3, -0.25) is 9.59 Å². The highest BCUT2D eigenvalue weighted by atomic mass is 79.9. The molecule has 0 aliphatic heterocycles. The highest BCUT2D eigenvalue weighted by Gasteiger charge is 2.15. The molecule has 0 atom stereocenters. The third-order valence-electron chi connectivity index (χ3n) is 2.19. The van der Waals surface area contributed by atoms with E-state index in [2.05, 4.69) is 22.5 Å². The van der Waals surface area contributed by atoms with Gasteiger partial charge in [0.15, 0.2) is 6.61 Å². The molecule has 0 saturated heterocycles. The van der Waals surface area contributed by atoms with E-state index in [4.69, 9.17) is 9.84 Å². The molecule has 1 rings (SSSR count). The van der Waals surface area contributed by atoms with Gasteiger partial charge in [0.25, 0.3) is 5.91 Å². The molecule has 1 aromatic rings. The fraction of sp³-hybridized carbons (Fsp3) is 0.231. The molecule has 102 valence electrons. The SMILES string of the molecule is C=CCN(CC(=O)O)C(=O)COc1cccc(Br)c1. The molecule has 1 N–H and O–H groups in total. The smallest absolute Gasteiger partial charge is 0.323 e. The Hall–Kier alpha value is -1.82. The van der Waals surface area contributed by atoms with Gasteiger partial charge in [-0.1, -0.05) is 28.1 Å². The Balaban J connectivity index is 2.56. The van der Waals surface area contributed by atoms with Gasteiger partial charge in [-0.05, 0) is 18.2 Å². The quantitative estimate of drug-likeness (QED) is 0.777. The molecule has 0 heterocycles. The van der Waals surface area contributed by atoms with Crippen molar-refractivity contribution >= 4 is 27.8 Å². The van der Waals surface area contributed by atoms with Gasteiger partial charge in [0.05, 0.1) is 0 Å². The molecule has 0 radical (unpaired) electrons. The van der Waals surface area contributed by atoms with Crippen LogP contribution in [0.25, 0.3) is 0 Å². The summed E-state index contributed by atoms with van der Waals surface area (Å²) in [5.41, 5.74) is 0. The van der Waals surface area contributed by atoms with Crippen LogP contribution in [0.3, 0.4) is 0 Å². The fourth-order valence-electron chi connectivity index (χ4n) is 1.37. The minimum atomic E-state index is -1.07. The number of hydrogen-bond acceptors (Lipinski definition) is 3. The summed E-state index contributed by atoms with van der Waals surface area (Å²) in [6, 6.07) is 7.06. The van der Waals surface area contributed by atoms with Crippen molar-refractivity contribution in [2.75, 3.05) is 19.7 Å². The number of carbonyl (C=O) groups excluding carboxylic acids is 1. The summed E-state index contributed by atoms with van der Waals surface area (Å²) < 4.78 is 6.15. The third kappa shape index (κ3) is 5.56. The molecular formula is C13H14BrNO4. The lowest BCUT2D eigenvalue weighted by atomic mass is 10.3. The lowest BCUT2D eigenvalue weighted by Crippen LogP contribution is -2.38. The molecule has 5 nitrogen and oxygen atoms in total. The van der Waals surface area contributed by atoms with Gasteiger partial charge < -0.3 is 14.7 Å². The zero-order valence-electron chi connectivity index (χ0n) is 10.2. The number of hydrogen-bond donors (Lipinski definition) is 1. The molecule has 0 spiro atoms. The van der Waals surface area contributed by atoms with E-state index in [1.54, 1.807) is 18.2 Å². The second-order valence-corrected chi connectivity index (χ2v) is 4.62. The van der Waals surface area contributed by atoms with E-state index in [1.165, 1.54) is 6.08 Å². The second kappa shape index (κ2) is 7.58. The van der Waals surface area contributed by atoms with Gasteiger partial charge in [-0.2, -0.15) is 0 Å². The average molecular weight is 328 g/mol. The van der Waals surface area contributed by atoms with Gasteiger partial charge in [-0.15, -0.1) is 6.58 Å². The first kappa shape index (κ1) is 15.2. The summed E-state index contributed by atoms with van der Waals surface area (Å²) in [7, 11) is 0. The number of benzene rings is 1. The van der Waals surface area contributed by atoms with Crippen LogP contribution in [-0.2, 0) is 9.59 Å². The molecule has 19 heavy (non-hydrogen) atoms. The van der Waals surface area contributed by atoms with Crippen molar-refractivity contribution in [3.8, 4) is 5.75 Å². The van der Waals surface area contributed by atoms with Crippen LogP contribution in [0.4, 0.5) is 0 Å². The summed E-state index contributed by atoms with van der Waals surface area (Å²) in [5.74, 6) is -0.934. The molecule has 0 saturated carbocycles. The van der Waals surface area contributed by atoms with Crippen LogP contribution in [0, 0.1) is 0 Å². The van der Waals surface area contributed by atoms with E-state index in [0.29, 0.717) is 5.75 Å². The van der Waals surface area contributed by atoms with Gasteiger partial charge in [-0.25, -0.2) is 0 Å². The molecule has 1 aromatic carbocycles. The van der Waals surface area contributed by atoms with Crippen LogP contribution in [0.5, 0.6) is 5.75 Å². The van der Waals surface area contributed by atoms with E-state index in [0.717, 1.165) is 9.37 Å². The minimum Gasteiger partial charge on any atom is -0.484 e. The number of halogens is 1. The van der Waals surface area contributed by atoms with Crippen LogP contribution < -0.4 is 4.74 Å². The summed E-state index contributed by atoms with van der Waals surface area (Å²) in [4.78, 5) is 23.6. The number of rotatable bonds is 7. The number of ether oxygens (including phenoxy) is 1. The van der Waals surface area contributed by atoms with Crippen molar-refractivity contribution in [2.45, 2.75) is 0 Å². The molecule has 0 fully saturated rings. The number of nitrogens with zero attached hydrogens (tertiary/aromatic N) is 1. The summed E-state index contributed by atoms with van der Waals surface area (Å²) in [6.45, 7) is 3.08. The third-order valence-corrected chi connectivity index (χ3v) is 2.68. The Morgan fingerprint density at radius 3 is 2.79 bits per heavy atom. The minimum absolute atomic E-state index is 0.174. The number of carbonyl (C=O) groups is 2. The first-order valence-corrected chi connectivity index (χ1v) is 6.31. The summed E-state index contributed by atoms with van der Waals surface area (Å²) in [5, 5.41) is 8.71. The maximum absolute atomic E-state index is 11.8. The number of aliphatic carboxylic acids is 1. The lowest BCUT2D eigenvalue weighted by molar-refractivity contribution is -0.144. The second-order valence-electron chi connectivity index (χ2n) is 3.70. The Bertz CT molecular complexity index is 475. The van der Waals surface area contributed by atoms with Crippen LogP contribution in [-0.4, -0.2) is 41.6 Å². The largest absolute Gasteiger partial charge is 0.484 e. The molecular weight excluding hydrogens is 314 g/mol. The predicted octanol–water partition coefficient (Wildman–Crippen LogP) is 1.93.